The highest BCUT2D eigenvalue weighted by molar-refractivity contribution is 5.18. The Morgan fingerprint density at radius 1 is 1.22 bits per heavy atom. The highest BCUT2D eigenvalue weighted by atomic mass is 16.5. The van der Waals surface area contributed by atoms with Crippen LogP contribution < -0.4 is 5.32 Å². The third-order valence-corrected chi connectivity index (χ3v) is 3.06. The maximum absolute atomic E-state index is 4.68. The van der Waals surface area contributed by atoms with Gasteiger partial charge >= 0.3 is 0 Å². The lowest BCUT2D eigenvalue weighted by Gasteiger charge is -2.11. The van der Waals surface area contributed by atoms with Gasteiger partial charge in [0.1, 0.15) is 0 Å². The van der Waals surface area contributed by atoms with Gasteiger partial charge in [0, 0.05) is 13.0 Å². The topological polar surface area (TPSA) is 51.0 Å². The second kappa shape index (κ2) is 6.91. The number of hydrogen-bond acceptors (Lipinski definition) is 4. The summed E-state index contributed by atoms with van der Waals surface area (Å²) < 4.78 is 4.68. The van der Waals surface area contributed by atoms with Crippen molar-refractivity contribution in [3.05, 3.63) is 48.1 Å². The number of hydrogen-bond donors (Lipinski definition) is 1. The van der Waals surface area contributed by atoms with Crippen molar-refractivity contribution in [3.63, 3.8) is 0 Å². The molecule has 1 N–H and O–H groups in total. The first-order valence-corrected chi connectivity index (χ1v) is 6.37. The molecule has 1 aromatic heterocycles. The van der Waals surface area contributed by atoms with Crippen molar-refractivity contribution in [1.82, 2.24) is 15.5 Å². The van der Waals surface area contributed by atoms with E-state index in [1.165, 1.54) is 12.0 Å². The van der Waals surface area contributed by atoms with Crippen molar-refractivity contribution in [2.24, 2.45) is 0 Å². The standard InChI is InChI=1S/C14H19N3O/c1-12(13-5-3-2-4-6-13)7-9-15-10-8-14-16-11-18-17-14/h2-6,11-12,15H,7-10H2,1H3. The predicted molar refractivity (Wildman–Crippen MR) is 70.3 cm³/mol. The minimum absolute atomic E-state index is 0.587. The quantitative estimate of drug-likeness (QED) is 0.761. The predicted octanol–water partition coefficient (Wildman–Crippen LogP) is 2.40. The summed E-state index contributed by atoms with van der Waals surface area (Å²) in [6.45, 7) is 4.16. The molecule has 0 saturated heterocycles. The van der Waals surface area contributed by atoms with Gasteiger partial charge in [0.15, 0.2) is 5.82 Å². The van der Waals surface area contributed by atoms with Crippen LogP contribution in [0.4, 0.5) is 0 Å². The molecule has 0 aliphatic carbocycles. The van der Waals surface area contributed by atoms with Crippen LogP contribution in [0.2, 0.25) is 0 Å². The summed E-state index contributed by atoms with van der Waals surface area (Å²) in [7, 11) is 0. The van der Waals surface area contributed by atoms with Gasteiger partial charge in [0.05, 0.1) is 0 Å². The molecule has 2 aromatic rings. The Morgan fingerprint density at radius 2 is 2.06 bits per heavy atom. The van der Waals surface area contributed by atoms with E-state index in [9.17, 15) is 0 Å². The highest BCUT2D eigenvalue weighted by Gasteiger charge is 2.04. The van der Waals surface area contributed by atoms with Crippen molar-refractivity contribution < 1.29 is 4.52 Å². The number of benzene rings is 1. The van der Waals surface area contributed by atoms with Gasteiger partial charge in [-0.05, 0) is 24.4 Å². The fourth-order valence-electron chi connectivity index (χ4n) is 1.89. The molecule has 1 unspecified atom stereocenters. The van der Waals surface area contributed by atoms with E-state index in [-0.39, 0.29) is 0 Å². The highest BCUT2D eigenvalue weighted by Crippen LogP contribution is 2.17. The fourth-order valence-corrected chi connectivity index (χ4v) is 1.89. The molecule has 1 aromatic carbocycles. The average molecular weight is 245 g/mol. The zero-order valence-electron chi connectivity index (χ0n) is 10.7. The summed E-state index contributed by atoms with van der Waals surface area (Å²) >= 11 is 0. The zero-order chi connectivity index (χ0) is 12.6. The first-order chi connectivity index (χ1) is 8.86. The Morgan fingerprint density at radius 3 is 2.78 bits per heavy atom. The molecule has 1 atom stereocenters. The van der Waals surface area contributed by atoms with Crippen molar-refractivity contribution >= 4 is 0 Å². The molecule has 1 heterocycles. The molecule has 96 valence electrons. The van der Waals surface area contributed by atoms with Gasteiger partial charge in [-0.1, -0.05) is 42.4 Å². The lowest BCUT2D eigenvalue weighted by atomic mass is 9.98. The molecule has 0 aliphatic heterocycles. The van der Waals surface area contributed by atoms with E-state index >= 15 is 0 Å². The molecule has 0 bridgehead atoms. The largest absolute Gasteiger partial charge is 0.343 e. The molecular weight excluding hydrogens is 226 g/mol. The van der Waals surface area contributed by atoms with Gasteiger partial charge in [-0.3, -0.25) is 0 Å². The SMILES string of the molecule is CC(CCNCCc1ncon1)c1ccccc1. The molecule has 0 amide bonds. The summed E-state index contributed by atoms with van der Waals surface area (Å²) in [5.74, 6) is 1.35. The third kappa shape index (κ3) is 3.96. The van der Waals surface area contributed by atoms with Crippen LogP contribution in [0.1, 0.15) is 30.7 Å². The number of rotatable bonds is 7. The molecule has 18 heavy (non-hydrogen) atoms. The van der Waals surface area contributed by atoms with Crippen LogP contribution in [-0.4, -0.2) is 23.2 Å². The molecular formula is C14H19N3O. The van der Waals surface area contributed by atoms with E-state index in [0.717, 1.165) is 31.8 Å². The van der Waals surface area contributed by atoms with Gasteiger partial charge in [0.2, 0.25) is 6.39 Å². The molecule has 0 spiro atoms. The fraction of sp³-hybridized carbons (Fsp3) is 0.429. The maximum Gasteiger partial charge on any atom is 0.213 e. The molecule has 0 aliphatic rings. The Balaban J connectivity index is 1.61. The van der Waals surface area contributed by atoms with Gasteiger partial charge in [-0.15, -0.1) is 0 Å². The molecule has 4 heteroatoms. The number of aromatic nitrogens is 2. The smallest absolute Gasteiger partial charge is 0.213 e. The van der Waals surface area contributed by atoms with Gasteiger partial charge in [0.25, 0.3) is 0 Å². The van der Waals surface area contributed by atoms with Crippen LogP contribution >= 0.6 is 0 Å². The minimum atomic E-state index is 0.587. The molecule has 0 fully saturated rings. The molecule has 0 saturated carbocycles. The maximum atomic E-state index is 4.68. The summed E-state index contributed by atoms with van der Waals surface area (Å²) in [6.07, 6.45) is 3.32. The van der Waals surface area contributed by atoms with Crippen LogP contribution in [0.25, 0.3) is 0 Å². The van der Waals surface area contributed by atoms with E-state index in [1.54, 1.807) is 0 Å². The van der Waals surface area contributed by atoms with Crippen molar-refractivity contribution in [2.75, 3.05) is 13.1 Å². The van der Waals surface area contributed by atoms with Crippen LogP contribution in [0, 0.1) is 0 Å². The first kappa shape index (κ1) is 12.8. The average Bonchev–Trinajstić information content (AvgIpc) is 2.92. The Kier molecular flexibility index (Phi) is 4.90. The number of nitrogens with zero attached hydrogens (tertiary/aromatic N) is 2. The second-order valence-corrected chi connectivity index (χ2v) is 4.45. The van der Waals surface area contributed by atoms with Crippen LogP contribution in [-0.2, 0) is 6.42 Å². The lowest BCUT2D eigenvalue weighted by molar-refractivity contribution is 0.409. The van der Waals surface area contributed by atoms with Crippen molar-refractivity contribution in [2.45, 2.75) is 25.7 Å². The molecule has 0 radical (unpaired) electrons. The third-order valence-electron chi connectivity index (χ3n) is 3.06. The Labute approximate surface area is 107 Å². The summed E-state index contributed by atoms with van der Waals surface area (Å²) in [6, 6.07) is 10.6. The van der Waals surface area contributed by atoms with Crippen LogP contribution in [0.15, 0.2) is 41.2 Å². The summed E-state index contributed by atoms with van der Waals surface area (Å²) in [5.41, 5.74) is 1.40. The normalized spacial score (nSPS) is 12.5. The van der Waals surface area contributed by atoms with E-state index in [2.05, 4.69) is 57.2 Å². The monoisotopic (exact) mass is 245 g/mol. The van der Waals surface area contributed by atoms with Crippen LogP contribution in [0.5, 0.6) is 0 Å². The van der Waals surface area contributed by atoms with E-state index in [0.29, 0.717) is 5.92 Å². The second-order valence-electron chi connectivity index (χ2n) is 4.45. The summed E-state index contributed by atoms with van der Waals surface area (Å²) in [5, 5.41) is 7.17. The van der Waals surface area contributed by atoms with E-state index < -0.39 is 0 Å². The molecule has 4 nitrogen and oxygen atoms in total. The molecule has 2 rings (SSSR count). The minimum Gasteiger partial charge on any atom is -0.343 e. The van der Waals surface area contributed by atoms with Gasteiger partial charge in [-0.25, -0.2) is 0 Å². The van der Waals surface area contributed by atoms with Gasteiger partial charge in [-0.2, -0.15) is 4.98 Å². The number of nitrogens with one attached hydrogen (secondary N) is 1. The first-order valence-electron chi connectivity index (χ1n) is 6.37. The Bertz CT molecular complexity index is 428. The summed E-state index contributed by atoms with van der Waals surface area (Å²) in [4.78, 5) is 3.98. The lowest BCUT2D eigenvalue weighted by Crippen LogP contribution is -2.20. The Hall–Kier alpha value is -1.68. The van der Waals surface area contributed by atoms with Crippen molar-refractivity contribution in [1.29, 1.82) is 0 Å². The van der Waals surface area contributed by atoms with E-state index in [4.69, 9.17) is 0 Å². The van der Waals surface area contributed by atoms with E-state index in [1.807, 2.05) is 0 Å². The van der Waals surface area contributed by atoms with Gasteiger partial charge < -0.3 is 9.84 Å². The van der Waals surface area contributed by atoms with Crippen molar-refractivity contribution in [3.8, 4) is 0 Å². The van der Waals surface area contributed by atoms with Crippen LogP contribution in [0.3, 0.4) is 0 Å². The zero-order valence-corrected chi connectivity index (χ0v) is 10.7.